The number of halogens is 1. The Balaban J connectivity index is 1.28. The van der Waals surface area contributed by atoms with Gasteiger partial charge >= 0.3 is 5.97 Å². The third kappa shape index (κ3) is 3.52. The number of carbonyl (C=O) groups is 1. The maximum absolute atomic E-state index is 15.0. The van der Waals surface area contributed by atoms with Crippen LogP contribution in [0.25, 0.3) is 20.9 Å². The quantitative estimate of drug-likeness (QED) is 0.427. The van der Waals surface area contributed by atoms with Crippen LogP contribution in [0.3, 0.4) is 0 Å². The number of carboxylic acid groups (broad SMARTS) is 1. The molecule has 33 heavy (non-hydrogen) atoms. The van der Waals surface area contributed by atoms with Crippen molar-refractivity contribution in [1.29, 1.82) is 0 Å². The zero-order chi connectivity index (χ0) is 22.6. The van der Waals surface area contributed by atoms with Gasteiger partial charge in [-0.05, 0) is 54.7 Å². The molecule has 1 aliphatic heterocycles. The maximum atomic E-state index is 15.0. The largest absolute Gasteiger partial charge is 0.480 e. The first-order valence-corrected chi connectivity index (χ1v) is 11.9. The number of hydrogen-bond donors (Lipinski definition) is 1. The van der Waals surface area contributed by atoms with E-state index in [0.29, 0.717) is 23.5 Å². The van der Waals surface area contributed by atoms with Gasteiger partial charge in [0, 0.05) is 24.1 Å². The SMILES string of the molecule is O=C(O)[C@H]1CCN1Cc1ccc(-c2nc3ccc(C4(c5ccccc5)CC4)nc3s2)c(F)c1. The molecule has 7 heteroatoms. The topological polar surface area (TPSA) is 66.3 Å². The number of aliphatic carboxylic acids is 1. The number of likely N-dealkylation sites (tertiary alicyclic amines) is 1. The van der Waals surface area contributed by atoms with Crippen molar-refractivity contribution >= 4 is 27.7 Å². The van der Waals surface area contributed by atoms with Gasteiger partial charge < -0.3 is 5.11 Å². The van der Waals surface area contributed by atoms with E-state index in [9.17, 15) is 9.90 Å². The van der Waals surface area contributed by atoms with Gasteiger partial charge in [0.15, 0.2) is 0 Å². The molecular formula is C26H22FN3O2S. The molecule has 166 valence electrons. The minimum absolute atomic E-state index is 0.0167. The minimum atomic E-state index is -0.820. The lowest BCUT2D eigenvalue weighted by Crippen LogP contribution is -2.51. The smallest absolute Gasteiger partial charge is 0.320 e. The Morgan fingerprint density at radius 1 is 1.12 bits per heavy atom. The van der Waals surface area contributed by atoms with Crippen LogP contribution < -0.4 is 0 Å². The second kappa shape index (κ2) is 7.71. The van der Waals surface area contributed by atoms with Gasteiger partial charge in [-0.25, -0.2) is 14.4 Å². The van der Waals surface area contributed by atoms with E-state index in [1.165, 1.54) is 23.0 Å². The van der Waals surface area contributed by atoms with Gasteiger partial charge in [0.05, 0.1) is 5.69 Å². The van der Waals surface area contributed by atoms with Gasteiger partial charge in [0.25, 0.3) is 0 Å². The Morgan fingerprint density at radius 3 is 2.61 bits per heavy atom. The molecule has 2 fully saturated rings. The number of nitrogens with zero attached hydrogens (tertiary/aromatic N) is 3. The number of pyridine rings is 1. The van der Waals surface area contributed by atoms with E-state index in [-0.39, 0.29) is 11.2 Å². The van der Waals surface area contributed by atoms with Crippen LogP contribution in [0.15, 0.2) is 60.7 Å². The molecule has 4 aromatic rings. The summed E-state index contributed by atoms with van der Waals surface area (Å²) in [5, 5.41) is 9.82. The first kappa shape index (κ1) is 20.4. The van der Waals surface area contributed by atoms with Crippen molar-refractivity contribution in [2.24, 2.45) is 0 Å². The first-order chi connectivity index (χ1) is 16.0. The Labute approximate surface area is 194 Å². The fourth-order valence-corrected chi connectivity index (χ4v) is 5.71. The highest BCUT2D eigenvalue weighted by molar-refractivity contribution is 7.21. The third-order valence-corrected chi connectivity index (χ3v) is 7.89. The lowest BCUT2D eigenvalue weighted by atomic mass is 9.92. The highest BCUT2D eigenvalue weighted by Crippen LogP contribution is 2.53. The molecule has 2 aromatic carbocycles. The number of fused-ring (bicyclic) bond motifs is 1. The van der Waals surface area contributed by atoms with Crippen molar-refractivity contribution in [2.45, 2.75) is 37.3 Å². The molecule has 1 saturated heterocycles. The summed E-state index contributed by atoms with van der Waals surface area (Å²) < 4.78 is 15.0. The first-order valence-electron chi connectivity index (χ1n) is 11.1. The number of thiazole rings is 1. The molecule has 5 nitrogen and oxygen atoms in total. The van der Waals surface area contributed by atoms with Gasteiger partial charge in [-0.1, -0.05) is 47.7 Å². The molecule has 0 amide bonds. The Hall–Kier alpha value is -3.16. The van der Waals surface area contributed by atoms with E-state index in [4.69, 9.17) is 4.98 Å². The molecule has 1 atom stereocenters. The van der Waals surface area contributed by atoms with E-state index >= 15 is 4.39 Å². The van der Waals surface area contributed by atoms with E-state index in [0.717, 1.165) is 41.0 Å². The lowest BCUT2D eigenvalue weighted by molar-refractivity contribution is -0.148. The average molecular weight is 460 g/mol. The molecule has 0 unspecified atom stereocenters. The highest BCUT2D eigenvalue weighted by atomic mass is 32.1. The normalized spacial score (nSPS) is 19.4. The monoisotopic (exact) mass is 459 g/mol. The molecular weight excluding hydrogens is 437 g/mol. The molecule has 3 heterocycles. The summed E-state index contributed by atoms with van der Waals surface area (Å²) in [6.45, 7) is 1.15. The summed E-state index contributed by atoms with van der Waals surface area (Å²) in [7, 11) is 0. The molecule has 0 bridgehead atoms. The van der Waals surface area contributed by atoms with Crippen molar-refractivity contribution in [2.75, 3.05) is 6.54 Å². The molecule has 2 aliphatic rings. The second-order valence-electron chi connectivity index (χ2n) is 8.92. The molecule has 1 saturated carbocycles. The zero-order valence-corrected chi connectivity index (χ0v) is 18.7. The lowest BCUT2D eigenvalue weighted by Gasteiger charge is -2.37. The van der Waals surface area contributed by atoms with E-state index in [2.05, 4.69) is 35.3 Å². The van der Waals surface area contributed by atoms with Crippen LogP contribution in [0, 0.1) is 5.82 Å². The molecule has 0 radical (unpaired) electrons. The van der Waals surface area contributed by atoms with E-state index in [1.807, 2.05) is 23.1 Å². The van der Waals surface area contributed by atoms with Gasteiger partial charge in [-0.15, -0.1) is 0 Å². The Kier molecular flexibility index (Phi) is 4.78. The number of carboxylic acids is 1. The number of benzene rings is 2. The minimum Gasteiger partial charge on any atom is -0.480 e. The predicted octanol–water partition coefficient (Wildman–Crippen LogP) is 5.24. The number of aromatic nitrogens is 2. The zero-order valence-electron chi connectivity index (χ0n) is 17.9. The summed E-state index contributed by atoms with van der Waals surface area (Å²) in [6.07, 6.45) is 2.80. The third-order valence-electron chi connectivity index (χ3n) is 6.89. The van der Waals surface area contributed by atoms with Crippen molar-refractivity contribution in [3.05, 3.63) is 83.3 Å². The predicted molar refractivity (Wildman–Crippen MR) is 126 cm³/mol. The van der Waals surface area contributed by atoms with Crippen LogP contribution in [0.1, 0.15) is 36.1 Å². The van der Waals surface area contributed by atoms with Crippen LogP contribution >= 0.6 is 11.3 Å². The van der Waals surface area contributed by atoms with Crippen LogP contribution in [-0.4, -0.2) is 38.5 Å². The van der Waals surface area contributed by atoms with Crippen molar-refractivity contribution in [1.82, 2.24) is 14.9 Å². The van der Waals surface area contributed by atoms with Gasteiger partial charge in [-0.2, -0.15) is 0 Å². The van der Waals surface area contributed by atoms with Gasteiger partial charge in [-0.3, -0.25) is 9.69 Å². The number of rotatable bonds is 6. The van der Waals surface area contributed by atoms with Crippen LogP contribution in [-0.2, 0) is 16.8 Å². The summed E-state index contributed by atoms with van der Waals surface area (Å²) in [6, 6.07) is 19.1. The van der Waals surface area contributed by atoms with Crippen molar-refractivity contribution in [3.63, 3.8) is 0 Å². The standard InChI is InChI=1S/C26H22FN3O2S/c27-19-14-16(15-30-13-10-21(30)25(31)32)6-7-18(19)23-28-20-8-9-22(29-24(20)33-23)26(11-12-26)17-4-2-1-3-5-17/h1-9,14,21H,10-13,15H2,(H,31,32)/t21-/m1/s1. The summed E-state index contributed by atoms with van der Waals surface area (Å²) >= 11 is 1.41. The number of hydrogen-bond acceptors (Lipinski definition) is 5. The van der Waals surface area contributed by atoms with Crippen LogP contribution in [0.4, 0.5) is 4.39 Å². The van der Waals surface area contributed by atoms with Gasteiger partial charge in [0.2, 0.25) is 0 Å². The second-order valence-corrected chi connectivity index (χ2v) is 9.89. The molecule has 6 rings (SSSR count). The van der Waals surface area contributed by atoms with Gasteiger partial charge in [0.1, 0.15) is 27.2 Å². The highest BCUT2D eigenvalue weighted by Gasteiger charge is 2.47. The molecule has 1 aliphatic carbocycles. The molecule has 1 N–H and O–H groups in total. The fourth-order valence-electron chi connectivity index (χ4n) is 4.75. The van der Waals surface area contributed by atoms with Crippen molar-refractivity contribution < 1.29 is 14.3 Å². The Morgan fingerprint density at radius 2 is 1.94 bits per heavy atom. The maximum Gasteiger partial charge on any atom is 0.320 e. The van der Waals surface area contributed by atoms with Crippen molar-refractivity contribution in [3.8, 4) is 10.6 Å². The Bertz CT molecular complexity index is 1370. The summed E-state index contributed by atoms with van der Waals surface area (Å²) in [5.41, 5.74) is 4.31. The van der Waals surface area contributed by atoms with Crippen LogP contribution in [0.5, 0.6) is 0 Å². The van der Waals surface area contributed by atoms with E-state index in [1.54, 1.807) is 6.07 Å². The molecule has 0 spiro atoms. The fraction of sp³-hybridized carbons (Fsp3) is 0.269. The van der Waals surface area contributed by atoms with E-state index < -0.39 is 12.0 Å². The molecule has 2 aromatic heterocycles. The summed E-state index contributed by atoms with van der Waals surface area (Å²) in [5.74, 6) is -1.16. The average Bonchev–Trinajstić information content (AvgIpc) is 3.50. The summed E-state index contributed by atoms with van der Waals surface area (Å²) in [4.78, 5) is 23.5. The van der Waals surface area contributed by atoms with Crippen LogP contribution in [0.2, 0.25) is 0 Å².